The average molecular weight is 495 g/mol. The molecule has 2 heterocycles. The summed E-state index contributed by atoms with van der Waals surface area (Å²) in [4.78, 5) is 7.87. The molecule has 0 amide bonds. The molecule has 6 rings (SSSR count). The van der Waals surface area contributed by atoms with Gasteiger partial charge < -0.3 is 9.72 Å². The molecule has 0 radical (unpaired) electrons. The number of alkyl halides is 3. The molecule has 37 heavy (non-hydrogen) atoms. The molecular weight excluding hydrogens is 473 g/mol. The number of aromatic amines is 1. The van der Waals surface area contributed by atoms with Crippen LogP contribution < -0.4 is 4.74 Å². The molecule has 0 saturated heterocycles. The van der Waals surface area contributed by atoms with Gasteiger partial charge in [-0.1, -0.05) is 60.7 Å². The zero-order valence-corrected chi connectivity index (χ0v) is 19.6. The van der Waals surface area contributed by atoms with Crippen LogP contribution in [0.2, 0.25) is 0 Å². The molecule has 0 atom stereocenters. The van der Waals surface area contributed by atoms with Gasteiger partial charge in [0.05, 0.1) is 11.3 Å². The van der Waals surface area contributed by atoms with Crippen molar-refractivity contribution < 1.29 is 17.9 Å². The third kappa shape index (κ3) is 4.42. The fourth-order valence-electron chi connectivity index (χ4n) is 4.64. The molecule has 1 aliphatic rings. The van der Waals surface area contributed by atoms with E-state index in [9.17, 15) is 13.2 Å². The number of allylic oxidation sites excluding steroid dienone is 1. The maximum atomic E-state index is 13.3. The Morgan fingerprint density at radius 3 is 2.38 bits per heavy atom. The van der Waals surface area contributed by atoms with Gasteiger partial charge in [0.1, 0.15) is 12.4 Å². The Balaban J connectivity index is 1.44. The van der Waals surface area contributed by atoms with E-state index in [4.69, 9.17) is 4.74 Å². The molecule has 0 unspecified atom stereocenters. The summed E-state index contributed by atoms with van der Waals surface area (Å²) >= 11 is 0. The number of benzene rings is 4. The van der Waals surface area contributed by atoms with Crippen LogP contribution in [0.25, 0.3) is 22.0 Å². The quantitative estimate of drug-likeness (QED) is 0.262. The summed E-state index contributed by atoms with van der Waals surface area (Å²) in [6.07, 6.45) is -0.724. The molecule has 0 spiro atoms. The van der Waals surface area contributed by atoms with Gasteiger partial charge in [0.2, 0.25) is 0 Å². The van der Waals surface area contributed by atoms with Crippen molar-refractivity contribution in [3.63, 3.8) is 0 Å². The van der Waals surface area contributed by atoms with Crippen molar-refractivity contribution in [2.75, 3.05) is 0 Å². The second-order valence-electron chi connectivity index (χ2n) is 8.82. The van der Waals surface area contributed by atoms with Crippen LogP contribution in [0.15, 0.2) is 108 Å². The minimum Gasteiger partial charge on any atom is -0.489 e. The minimum absolute atomic E-state index is 0.452. The Bertz CT molecular complexity index is 1650. The molecule has 1 N–H and O–H groups in total. The highest BCUT2D eigenvalue weighted by atomic mass is 19.4. The van der Waals surface area contributed by atoms with E-state index in [1.165, 1.54) is 12.1 Å². The summed E-state index contributed by atoms with van der Waals surface area (Å²) in [6, 6.07) is 28.8. The second-order valence-corrected chi connectivity index (χ2v) is 8.82. The number of ether oxygens (including phenoxy) is 1. The van der Waals surface area contributed by atoms with Gasteiger partial charge in [0.25, 0.3) is 0 Å². The Morgan fingerprint density at radius 1 is 0.838 bits per heavy atom. The lowest BCUT2D eigenvalue weighted by molar-refractivity contribution is -0.137. The van der Waals surface area contributed by atoms with Crippen LogP contribution in [0.3, 0.4) is 0 Å². The van der Waals surface area contributed by atoms with Crippen LogP contribution in [0.1, 0.15) is 27.8 Å². The maximum absolute atomic E-state index is 13.3. The maximum Gasteiger partial charge on any atom is 0.416 e. The van der Waals surface area contributed by atoms with Gasteiger partial charge in [-0.05, 0) is 41.5 Å². The molecule has 1 aromatic heterocycles. The molecule has 0 saturated carbocycles. The first-order valence-corrected chi connectivity index (χ1v) is 11.8. The van der Waals surface area contributed by atoms with E-state index in [1.807, 2.05) is 79.0 Å². The number of H-pyrrole nitrogens is 1. The molecule has 5 aromatic rings. The van der Waals surface area contributed by atoms with Gasteiger partial charge in [-0.3, -0.25) is 4.99 Å². The molecule has 0 aliphatic carbocycles. The summed E-state index contributed by atoms with van der Waals surface area (Å²) in [5.41, 5.74) is 6.26. The third-order valence-electron chi connectivity index (χ3n) is 6.47. The zero-order valence-electron chi connectivity index (χ0n) is 19.6. The summed E-state index contributed by atoms with van der Waals surface area (Å²) in [7, 11) is 0. The molecule has 1 aliphatic heterocycles. The molecular formula is C31H21F3N2O. The third-order valence-corrected chi connectivity index (χ3v) is 6.47. The van der Waals surface area contributed by atoms with Crippen molar-refractivity contribution in [3.8, 4) is 5.75 Å². The molecule has 3 nitrogen and oxygen atoms in total. The van der Waals surface area contributed by atoms with Crippen LogP contribution in [0.5, 0.6) is 5.75 Å². The summed E-state index contributed by atoms with van der Waals surface area (Å²) in [5.74, 6) is 0.723. The number of aromatic nitrogens is 1. The highest BCUT2D eigenvalue weighted by Gasteiger charge is 2.30. The monoisotopic (exact) mass is 494 g/mol. The van der Waals surface area contributed by atoms with Crippen LogP contribution in [0.4, 0.5) is 18.9 Å². The lowest BCUT2D eigenvalue weighted by Gasteiger charge is -2.14. The fourth-order valence-corrected chi connectivity index (χ4v) is 4.64. The second kappa shape index (κ2) is 9.13. The highest BCUT2D eigenvalue weighted by molar-refractivity contribution is 6.27. The predicted octanol–water partition coefficient (Wildman–Crippen LogP) is 8.44. The normalized spacial score (nSPS) is 14.1. The van der Waals surface area contributed by atoms with Gasteiger partial charge in [-0.25, -0.2) is 0 Å². The first kappa shape index (κ1) is 22.9. The number of para-hydroxylation sites is 1. The number of halogens is 3. The van der Waals surface area contributed by atoms with E-state index < -0.39 is 11.7 Å². The lowest BCUT2D eigenvalue weighted by Crippen LogP contribution is -2.04. The van der Waals surface area contributed by atoms with Crippen molar-refractivity contribution in [2.45, 2.75) is 12.8 Å². The standard InChI is InChI=1S/C31H21F3N2O/c32-31(33,34)22-12-10-21(11-13-22)30(26-17-35-28-9-5-4-8-24(26)28)27-18-36-29-16-23(14-15-25(27)29)37-19-20-6-2-1-3-7-20/h1-18,36H,19H2. The molecule has 6 heteroatoms. The number of fused-ring (bicyclic) bond motifs is 2. The first-order chi connectivity index (χ1) is 18.0. The number of hydrogen-bond donors (Lipinski definition) is 1. The SMILES string of the molecule is FC(F)(F)c1ccc(C(=C2C=Nc3ccccc32)c2c[nH]c3cc(OCc4ccccc4)ccc23)cc1. The van der Waals surface area contributed by atoms with Crippen LogP contribution >= 0.6 is 0 Å². The zero-order chi connectivity index (χ0) is 25.4. The minimum atomic E-state index is -4.40. The average Bonchev–Trinajstić information content (AvgIpc) is 3.53. The predicted molar refractivity (Wildman–Crippen MR) is 141 cm³/mol. The highest BCUT2D eigenvalue weighted by Crippen LogP contribution is 2.42. The molecule has 0 fully saturated rings. The van der Waals surface area contributed by atoms with Crippen molar-refractivity contribution >= 4 is 34.0 Å². The summed E-state index contributed by atoms with van der Waals surface area (Å²) in [6.45, 7) is 0.452. The van der Waals surface area contributed by atoms with E-state index in [2.05, 4.69) is 9.98 Å². The van der Waals surface area contributed by atoms with Gasteiger partial charge in [-0.15, -0.1) is 0 Å². The number of rotatable bonds is 5. The number of nitrogens with one attached hydrogen (secondary N) is 1. The molecule has 4 aromatic carbocycles. The Labute approximate surface area is 211 Å². The van der Waals surface area contributed by atoms with Gasteiger partial charge in [0.15, 0.2) is 0 Å². The number of nitrogens with zero attached hydrogens (tertiary/aromatic N) is 1. The van der Waals surface area contributed by atoms with E-state index in [1.54, 1.807) is 6.21 Å². The lowest BCUT2D eigenvalue weighted by atomic mass is 9.89. The number of hydrogen-bond acceptors (Lipinski definition) is 2. The van der Waals surface area contributed by atoms with Crippen LogP contribution in [0, 0.1) is 0 Å². The Kier molecular flexibility index (Phi) is 5.64. The smallest absolute Gasteiger partial charge is 0.416 e. The first-order valence-electron chi connectivity index (χ1n) is 11.8. The topological polar surface area (TPSA) is 37.4 Å². The van der Waals surface area contributed by atoms with Crippen molar-refractivity contribution in [1.29, 1.82) is 0 Å². The van der Waals surface area contributed by atoms with E-state index in [0.717, 1.165) is 62.3 Å². The van der Waals surface area contributed by atoms with Gasteiger partial charge in [-0.2, -0.15) is 13.2 Å². The van der Waals surface area contributed by atoms with Crippen molar-refractivity contribution in [2.24, 2.45) is 4.99 Å². The van der Waals surface area contributed by atoms with Gasteiger partial charge in [0, 0.05) is 51.7 Å². The van der Waals surface area contributed by atoms with E-state index in [-0.39, 0.29) is 0 Å². The van der Waals surface area contributed by atoms with Gasteiger partial charge >= 0.3 is 6.18 Å². The van der Waals surface area contributed by atoms with E-state index >= 15 is 0 Å². The van der Waals surface area contributed by atoms with Crippen molar-refractivity contribution in [1.82, 2.24) is 4.98 Å². The molecule has 0 bridgehead atoms. The van der Waals surface area contributed by atoms with Crippen LogP contribution in [-0.4, -0.2) is 11.2 Å². The summed E-state index contributed by atoms with van der Waals surface area (Å²) in [5, 5.41) is 0.937. The largest absolute Gasteiger partial charge is 0.489 e. The van der Waals surface area contributed by atoms with Crippen molar-refractivity contribution in [3.05, 3.63) is 131 Å². The number of aliphatic imine (C=N–C) groups is 1. The van der Waals surface area contributed by atoms with E-state index in [0.29, 0.717) is 12.2 Å². The fraction of sp³-hybridized carbons (Fsp3) is 0.0645. The Hall–Kier alpha value is -4.58. The Morgan fingerprint density at radius 2 is 1.59 bits per heavy atom. The van der Waals surface area contributed by atoms with Crippen LogP contribution in [-0.2, 0) is 12.8 Å². The summed E-state index contributed by atoms with van der Waals surface area (Å²) < 4.78 is 45.8. The molecule has 182 valence electrons.